The summed E-state index contributed by atoms with van der Waals surface area (Å²) in [4.78, 5) is 30.7. The van der Waals surface area contributed by atoms with Crippen LogP contribution in [0.3, 0.4) is 0 Å². The number of aryl methyl sites for hydroxylation is 1. The molecule has 0 aromatic carbocycles. The van der Waals surface area contributed by atoms with Crippen LogP contribution in [-0.4, -0.2) is 33.8 Å². The second kappa shape index (κ2) is 7.98. The van der Waals surface area contributed by atoms with E-state index in [9.17, 15) is 9.59 Å². The van der Waals surface area contributed by atoms with Crippen molar-refractivity contribution in [1.29, 1.82) is 0 Å². The van der Waals surface area contributed by atoms with Crippen molar-refractivity contribution < 1.29 is 19.1 Å². The van der Waals surface area contributed by atoms with Crippen LogP contribution in [0.5, 0.6) is 0 Å². The third-order valence-corrected chi connectivity index (χ3v) is 6.27. The molecule has 1 unspecified atom stereocenters. The molecular weight excluding hydrogens is 448 g/mol. The first kappa shape index (κ1) is 22.8. The number of hydrogen-bond acceptors (Lipinski definition) is 5. The molecule has 0 N–H and O–H groups in total. The Kier molecular flexibility index (Phi) is 6.07. The van der Waals surface area contributed by atoms with Crippen molar-refractivity contribution in [1.82, 2.24) is 9.55 Å². The lowest BCUT2D eigenvalue weighted by Gasteiger charge is -2.34. The maximum atomic E-state index is 13.1. The number of aromatic nitrogens is 2. The average Bonchev–Trinajstić information content (AvgIpc) is 2.89. The lowest BCUT2D eigenvalue weighted by Crippen LogP contribution is -2.29. The smallest absolute Gasteiger partial charge is 0.419 e. The van der Waals surface area contributed by atoms with Crippen LogP contribution in [0, 0.1) is 11.3 Å². The summed E-state index contributed by atoms with van der Waals surface area (Å²) in [6.07, 6.45) is 2.23. The van der Waals surface area contributed by atoms with Crippen molar-refractivity contribution in [3.63, 3.8) is 0 Å². The molecule has 30 heavy (non-hydrogen) atoms. The molecule has 0 spiro atoms. The fourth-order valence-corrected chi connectivity index (χ4v) is 4.56. The quantitative estimate of drug-likeness (QED) is 0.501. The van der Waals surface area contributed by atoms with E-state index < -0.39 is 17.7 Å². The highest BCUT2D eigenvalue weighted by Crippen LogP contribution is 2.39. The highest BCUT2D eigenvalue weighted by molar-refractivity contribution is 9.10. The minimum absolute atomic E-state index is 0.114. The molecule has 2 aromatic rings. The Morgan fingerprint density at radius 3 is 2.47 bits per heavy atom. The summed E-state index contributed by atoms with van der Waals surface area (Å²) in [6.45, 7) is 14.1. The Balaban J connectivity index is 2.21. The number of nitrogens with zero attached hydrogens (tertiary/aromatic N) is 2. The van der Waals surface area contributed by atoms with Crippen LogP contribution in [0.2, 0.25) is 0 Å². The number of esters is 1. The summed E-state index contributed by atoms with van der Waals surface area (Å²) >= 11 is 3.50. The summed E-state index contributed by atoms with van der Waals surface area (Å²) in [5.74, 6) is -0.0547. The van der Waals surface area contributed by atoms with Crippen LogP contribution in [-0.2, 0) is 22.3 Å². The Bertz CT molecular complexity index is 996. The molecule has 0 radical (unpaired) electrons. The standard InChI is InChI=1S/C23H31BrN2O4/c1-8-29-20(27)19-17(24)18-16(26(19)21(28)30-23(5,6)7)12-13-11-14(22(2,3)4)9-10-15(13)25-18/h12,14H,8-11H2,1-7H3. The van der Waals surface area contributed by atoms with Crippen LogP contribution in [0.25, 0.3) is 11.0 Å². The zero-order valence-electron chi connectivity index (χ0n) is 18.9. The number of halogens is 1. The van der Waals surface area contributed by atoms with E-state index in [2.05, 4.69) is 36.7 Å². The molecule has 0 bridgehead atoms. The summed E-state index contributed by atoms with van der Waals surface area (Å²) in [5, 5.41) is 0. The normalized spacial score (nSPS) is 17.0. The molecule has 2 aromatic heterocycles. The fourth-order valence-electron chi connectivity index (χ4n) is 3.93. The Morgan fingerprint density at radius 2 is 1.90 bits per heavy atom. The van der Waals surface area contributed by atoms with E-state index in [1.54, 1.807) is 27.7 Å². The predicted molar refractivity (Wildman–Crippen MR) is 120 cm³/mol. The summed E-state index contributed by atoms with van der Waals surface area (Å²) in [5.41, 5.74) is 2.90. The van der Waals surface area contributed by atoms with Gasteiger partial charge in [-0.15, -0.1) is 0 Å². The highest BCUT2D eigenvalue weighted by Gasteiger charge is 2.33. The second-order valence-corrected chi connectivity index (χ2v) is 10.8. The molecule has 0 amide bonds. The van der Waals surface area contributed by atoms with Gasteiger partial charge in [-0.05, 0) is 85.9 Å². The molecular formula is C23H31BrN2O4. The zero-order chi connectivity index (χ0) is 22.4. The molecule has 0 aliphatic heterocycles. The number of carbonyl (C=O) groups is 2. The van der Waals surface area contributed by atoms with Gasteiger partial charge < -0.3 is 9.47 Å². The number of rotatable bonds is 2. The largest absolute Gasteiger partial charge is 0.461 e. The van der Waals surface area contributed by atoms with Gasteiger partial charge in [0.15, 0.2) is 5.69 Å². The van der Waals surface area contributed by atoms with Crippen LogP contribution >= 0.6 is 15.9 Å². The lowest BCUT2D eigenvalue weighted by molar-refractivity contribution is 0.0452. The van der Waals surface area contributed by atoms with Gasteiger partial charge in [-0.2, -0.15) is 0 Å². The summed E-state index contributed by atoms with van der Waals surface area (Å²) in [7, 11) is 0. The van der Waals surface area contributed by atoms with Gasteiger partial charge in [0, 0.05) is 5.69 Å². The van der Waals surface area contributed by atoms with E-state index in [4.69, 9.17) is 14.5 Å². The van der Waals surface area contributed by atoms with Crippen LogP contribution in [0.1, 0.15) is 76.6 Å². The van der Waals surface area contributed by atoms with E-state index in [0.29, 0.717) is 21.4 Å². The second-order valence-electron chi connectivity index (χ2n) is 9.97. The van der Waals surface area contributed by atoms with Crippen LogP contribution < -0.4 is 0 Å². The Morgan fingerprint density at radius 1 is 1.23 bits per heavy atom. The van der Waals surface area contributed by atoms with E-state index >= 15 is 0 Å². The molecule has 2 heterocycles. The molecule has 0 saturated carbocycles. The molecule has 1 aliphatic rings. The fraction of sp³-hybridized carbons (Fsp3) is 0.609. The maximum absolute atomic E-state index is 13.1. The minimum atomic E-state index is -0.703. The first-order valence-corrected chi connectivity index (χ1v) is 11.3. The first-order chi connectivity index (χ1) is 13.8. The molecule has 3 rings (SSSR count). The van der Waals surface area contributed by atoms with Crippen LogP contribution in [0.4, 0.5) is 4.79 Å². The predicted octanol–water partition coefficient (Wildman–Crippen LogP) is 5.91. The van der Waals surface area contributed by atoms with Gasteiger partial charge in [-0.25, -0.2) is 19.1 Å². The van der Waals surface area contributed by atoms with Crippen molar-refractivity contribution in [3.05, 3.63) is 27.5 Å². The van der Waals surface area contributed by atoms with Crippen molar-refractivity contribution in [2.24, 2.45) is 11.3 Å². The molecule has 1 aliphatic carbocycles. The number of carbonyl (C=O) groups excluding carboxylic acids is 2. The van der Waals surface area contributed by atoms with Crippen molar-refractivity contribution in [2.45, 2.75) is 73.3 Å². The topological polar surface area (TPSA) is 70.4 Å². The third kappa shape index (κ3) is 4.41. The van der Waals surface area contributed by atoms with Crippen molar-refractivity contribution in [3.8, 4) is 0 Å². The van der Waals surface area contributed by atoms with Gasteiger partial charge in [-0.1, -0.05) is 20.8 Å². The molecule has 164 valence electrons. The maximum Gasteiger partial charge on any atom is 0.419 e. The van der Waals surface area contributed by atoms with E-state index in [-0.39, 0.29) is 17.7 Å². The molecule has 6 nitrogen and oxygen atoms in total. The van der Waals surface area contributed by atoms with Gasteiger partial charge in [0.2, 0.25) is 0 Å². The Hall–Kier alpha value is -1.89. The van der Waals surface area contributed by atoms with E-state index in [0.717, 1.165) is 30.5 Å². The summed E-state index contributed by atoms with van der Waals surface area (Å²) < 4.78 is 12.6. The van der Waals surface area contributed by atoms with Crippen molar-refractivity contribution in [2.75, 3.05) is 6.61 Å². The van der Waals surface area contributed by atoms with Gasteiger partial charge >= 0.3 is 12.1 Å². The average molecular weight is 479 g/mol. The Labute approximate surface area is 186 Å². The molecule has 0 saturated heterocycles. The van der Waals surface area contributed by atoms with Crippen LogP contribution in [0.15, 0.2) is 10.5 Å². The summed E-state index contributed by atoms with van der Waals surface area (Å²) in [6, 6.07) is 1.99. The van der Waals surface area contributed by atoms with Crippen molar-refractivity contribution >= 4 is 39.0 Å². The minimum Gasteiger partial charge on any atom is -0.461 e. The van der Waals surface area contributed by atoms with E-state index in [1.165, 1.54) is 4.57 Å². The van der Waals surface area contributed by atoms with E-state index in [1.807, 2.05) is 6.07 Å². The molecule has 7 heteroatoms. The first-order valence-electron chi connectivity index (χ1n) is 10.5. The SMILES string of the molecule is CCOC(=O)c1c(Br)c2nc3c(cc2n1C(=O)OC(C)(C)C)CC(C(C)(C)C)CC3. The van der Waals surface area contributed by atoms with Gasteiger partial charge in [0.05, 0.1) is 16.6 Å². The molecule has 1 atom stereocenters. The van der Waals surface area contributed by atoms with Gasteiger partial charge in [0.25, 0.3) is 0 Å². The van der Waals surface area contributed by atoms with Gasteiger partial charge in [-0.3, -0.25) is 0 Å². The molecule has 0 fully saturated rings. The number of ether oxygens (including phenoxy) is 2. The lowest BCUT2D eigenvalue weighted by atomic mass is 9.71. The number of hydrogen-bond donors (Lipinski definition) is 0. The highest BCUT2D eigenvalue weighted by atomic mass is 79.9. The van der Waals surface area contributed by atoms with Gasteiger partial charge in [0.1, 0.15) is 11.1 Å². The number of pyridine rings is 1. The third-order valence-electron chi connectivity index (χ3n) is 5.52. The monoisotopic (exact) mass is 478 g/mol. The number of fused-ring (bicyclic) bond motifs is 2. The zero-order valence-corrected chi connectivity index (χ0v) is 20.5.